The van der Waals surface area contributed by atoms with Gasteiger partial charge in [0.15, 0.2) is 5.11 Å². The quantitative estimate of drug-likeness (QED) is 0.611. The van der Waals surface area contributed by atoms with Crippen LogP contribution in [0.25, 0.3) is 16.9 Å². The SMILES string of the molecule is O=C(NC(=S)N1CCCC(CO)C1)c1cn(-c2ccccc2)nc1-c1ccc(F)cc1. The topological polar surface area (TPSA) is 70.4 Å². The third-order valence-corrected chi connectivity index (χ3v) is 5.74. The van der Waals surface area contributed by atoms with Crippen molar-refractivity contribution in [2.45, 2.75) is 12.8 Å². The first-order valence-corrected chi connectivity index (χ1v) is 10.6. The summed E-state index contributed by atoms with van der Waals surface area (Å²) in [5, 5.41) is 17.2. The van der Waals surface area contributed by atoms with Gasteiger partial charge in [-0.2, -0.15) is 5.10 Å². The highest BCUT2D eigenvalue weighted by Crippen LogP contribution is 2.24. The van der Waals surface area contributed by atoms with Gasteiger partial charge in [0.25, 0.3) is 5.91 Å². The second kappa shape index (κ2) is 9.36. The maximum Gasteiger partial charge on any atom is 0.261 e. The fourth-order valence-electron chi connectivity index (χ4n) is 3.72. The van der Waals surface area contributed by atoms with Crippen molar-refractivity contribution < 1.29 is 14.3 Å². The number of nitrogens with one attached hydrogen (secondary N) is 1. The molecule has 2 aromatic carbocycles. The number of amides is 1. The van der Waals surface area contributed by atoms with Gasteiger partial charge in [0, 0.05) is 31.5 Å². The van der Waals surface area contributed by atoms with Crippen LogP contribution in [0.5, 0.6) is 0 Å². The summed E-state index contributed by atoms with van der Waals surface area (Å²) in [4.78, 5) is 15.1. The molecule has 1 atom stereocenters. The summed E-state index contributed by atoms with van der Waals surface area (Å²) in [6.07, 6.45) is 3.51. The van der Waals surface area contributed by atoms with Crippen LogP contribution in [0.1, 0.15) is 23.2 Å². The van der Waals surface area contributed by atoms with Crippen molar-refractivity contribution in [3.05, 3.63) is 72.2 Å². The fourth-order valence-corrected chi connectivity index (χ4v) is 3.97. The fraction of sp³-hybridized carbons (Fsp3) is 0.261. The predicted molar refractivity (Wildman–Crippen MR) is 120 cm³/mol. The van der Waals surface area contributed by atoms with Gasteiger partial charge >= 0.3 is 0 Å². The number of para-hydroxylation sites is 1. The Bertz CT molecular complexity index is 1070. The van der Waals surface area contributed by atoms with Crippen molar-refractivity contribution in [2.75, 3.05) is 19.7 Å². The van der Waals surface area contributed by atoms with E-state index in [2.05, 4.69) is 10.4 Å². The lowest BCUT2D eigenvalue weighted by Crippen LogP contribution is -2.47. The number of aliphatic hydroxyl groups is 1. The van der Waals surface area contributed by atoms with E-state index in [0.717, 1.165) is 25.1 Å². The maximum atomic E-state index is 13.4. The third-order valence-electron chi connectivity index (χ3n) is 5.38. The number of aromatic nitrogens is 2. The Labute approximate surface area is 185 Å². The molecule has 0 saturated carbocycles. The average molecular weight is 439 g/mol. The number of halogens is 1. The lowest BCUT2D eigenvalue weighted by molar-refractivity contribution is 0.0969. The van der Waals surface area contributed by atoms with E-state index in [1.807, 2.05) is 35.2 Å². The minimum absolute atomic E-state index is 0.103. The summed E-state index contributed by atoms with van der Waals surface area (Å²) >= 11 is 5.46. The molecule has 8 heteroatoms. The number of hydrogen-bond acceptors (Lipinski definition) is 4. The molecule has 4 rings (SSSR count). The van der Waals surface area contributed by atoms with Crippen molar-refractivity contribution in [2.24, 2.45) is 5.92 Å². The molecule has 1 amide bonds. The molecule has 3 aromatic rings. The molecular formula is C23H23FN4O2S. The number of thiocarbonyl (C=S) groups is 1. The van der Waals surface area contributed by atoms with Crippen molar-refractivity contribution in [3.8, 4) is 16.9 Å². The number of likely N-dealkylation sites (tertiary alicyclic amines) is 1. The van der Waals surface area contributed by atoms with E-state index in [0.29, 0.717) is 28.5 Å². The number of nitrogens with zero attached hydrogens (tertiary/aromatic N) is 3. The van der Waals surface area contributed by atoms with Crippen LogP contribution in [-0.2, 0) is 0 Å². The van der Waals surface area contributed by atoms with Crippen LogP contribution in [0, 0.1) is 11.7 Å². The molecular weight excluding hydrogens is 415 g/mol. The molecule has 1 unspecified atom stereocenters. The van der Waals surface area contributed by atoms with Crippen LogP contribution in [0.15, 0.2) is 60.8 Å². The Balaban J connectivity index is 1.62. The smallest absolute Gasteiger partial charge is 0.261 e. The van der Waals surface area contributed by atoms with Crippen molar-refractivity contribution in [1.82, 2.24) is 20.0 Å². The number of hydrogen-bond donors (Lipinski definition) is 2. The summed E-state index contributed by atoms with van der Waals surface area (Å²) in [6, 6.07) is 15.3. The minimum atomic E-state index is -0.377. The maximum absolute atomic E-state index is 13.4. The van der Waals surface area contributed by atoms with Crippen LogP contribution >= 0.6 is 12.2 Å². The number of piperidine rings is 1. The summed E-state index contributed by atoms with van der Waals surface area (Å²) < 4.78 is 15.0. The molecule has 1 aliphatic rings. The molecule has 1 saturated heterocycles. The van der Waals surface area contributed by atoms with Gasteiger partial charge in [-0.15, -0.1) is 0 Å². The van der Waals surface area contributed by atoms with E-state index >= 15 is 0 Å². The minimum Gasteiger partial charge on any atom is -0.396 e. The number of rotatable bonds is 4. The summed E-state index contributed by atoms with van der Waals surface area (Å²) in [7, 11) is 0. The number of carbonyl (C=O) groups is 1. The molecule has 2 N–H and O–H groups in total. The monoisotopic (exact) mass is 438 g/mol. The molecule has 31 heavy (non-hydrogen) atoms. The zero-order valence-electron chi connectivity index (χ0n) is 16.9. The largest absolute Gasteiger partial charge is 0.396 e. The number of carbonyl (C=O) groups excluding carboxylic acids is 1. The van der Waals surface area contributed by atoms with E-state index < -0.39 is 0 Å². The van der Waals surface area contributed by atoms with Crippen LogP contribution in [-0.4, -0.2) is 50.5 Å². The molecule has 6 nitrogen and oxygen atoms in total. The van der Waals surface area contributed by atoms with Gasteiger partial charge in [0.1, 0.15) is 11.5 Å². The first-order chi connectivity index (χ1) is 15.0. The van der Waals surface area contributed by atoms with Crippen LogP contribution < -0.4 is 5.32 Å². The Kier molecular flexibility index (Phi) is 6.39. The molecule has 2 heterocycles. The molecule has 0 bridgehead atoms. The molecule has 1 aliphatic heterocycles. The summed E-state index contributed by atoms with van der Waals surface area (Å²) in [5.74, 6) is -0.584. The molecule has 1 fully saturated rings. The Morgan fingerprint density at radius 2 is 1.94 bits per heavy atom. The van der Waals surface area contributed by atoms with Gasteiger partial charge in [-0.3, -0.25) is 10.1 Å². The number of benzene rings is 2. The lowest BCUT2D eigenvalue weighted by atomic mass is 9.99. The van der Waals surface area contributed by atoms with Gasteiger partial charge in [-0.1, -0.05) is 18.2 Å². The predicted octanol–water partition coefficient (Wildman–Crippen LogP) is 3.40. The average Bonchev–Trinajstić information content (AvgIpc) is 3.26. The Morgan fingerprint density at radius 3 is 2.65 bits per heavy atom. The third kappa shape index (κ3) is 4.81. The second-order valence-corrected chi connectivity index (χ2v) is 7.96. The van der Waals surface area contributed by atoms with E-state index in [4.69, 9.17) is 12.2 Å². The van der Waals surface area contributed by atoms with E-state index in [-0.39, 0.29) is 24.2 Å². The summed E-state index contributed by atoms with van der Waals surface area (Å²) in [5.41, 5.74) is 2.21. The lowest BCUT2D eigenvalue weighted by Gasteiger charge is -2.33. The highest BCUT2D eigenvalue weighted by Gasteiger charge is 2.24. The van der Waals surface area contributed by atoms with Crippen LogP contribution in [0.3, 0.4) is 0 Å². The van der Waals surface area contributed by atoms with Crippen LogP contribution in [0.2, 0.25) is 0 Å². The Hall–Kier alpha value is -3.10. The molecule has 0 radical (unpaired) electrons. The molecule has 1 aromatic heterocycles. The molecule has 0 aliphatic carbocycles. The van der Waals surface area contributed by atoms with Gasteiger partial charge in [-0.05, 0) is 67.4 Å². The van der Waals surface area contributed by atoms with Crippen molar-refractivity contribution in [1.29, 1.82) is 0 Å². The van der Waals surface area contributed by atoms with Crippen molar-refractivity contribution in [3.63, 3.8) is 0 Å². The normalized spacial score (nSPS) is 16.2. The summed E-state index contributed by atoms with van der Waals surface area (Å²) in [6.45, 7) is 1.46. The van der Waals surface area contributed by atoms with Crippen molar-refractivity contribution >= 4 is 23.2 Å². The zero-order chi connectivity index (χ0) is 21.8. The van der Waals surface area contributed by atoms with Gasteiger partial charge in [0.2, 0.25) is 0 Å². The van der Waals surface area contributed by atoms with E-state index in [1.165, 1.54) is 12.1 Å². The zero-order valence-corrected chi connectivity index (χ0v) is 17.7. The Morgan fingerprint density at radius 1 is 1.19 bits per heavy atom. The molecule has 0 spiro atoms. The first-order valence-electron chi connectivity index (χ1n) is 10.2. The van der Waals surface area contributed by atoms with Crippen LogP contribution in [0.4, 0.5) is 4.39 Å². The van der Waals surface area contributed by atoms with E-state index in [1.54, 1.807) is 23.0 Å². The highest BCUT2D eigenvalue weighted by atomic mass is 32.1. The van der Waals surface area contributed by atoms with Gasteiger partial charge < -0.3 is 10.0 Å². The van der Waals surface area contributed by atoms with E-state index in [9.17, 15) is 14.3 Å². The van der Waals surface area contributed by atoms with Gasteiger partial charge in [-0.25, -0.2) is 9.07 Å². The standard InChI is InChI=1S/C23H23FN4O2S/c24-18-10-8-17(9-11-18)21-20(14-28(26-21)19-6-2-1-3-7-19)22(30)25-23(31)27-12-4-5-16(13-27)15-29/h1-3,6-11,14,16,29H,4-5,12-13,15H2,(H,25,30,31). The molecule has 160 valence electrons. The highest BCUT2D eigenvalue weighted by molar-refractivity contribution is 7.80. The number of aliphatic hydroxyl groups excluding tert-OH is 1. The second-order valence-electron chi connectivity index (χ2n) is 7.57. The first kappa shape index (κ1) is 21.1. The van der Waals surface area contributed by atoms with Gasteiger partial charge in [0.05, 0.1) is 11.3 Å².